The Morgan fingerprint density at radius 3 is 2.30 bits per heavy atom. The zero-order valence-corrected chi connectivity index (χ0v) is 43.9. The van der Waals surface area contributed by atoms with E-state index in [9.17, 15) is 53.1 Å². The number of esters is 1. The number of unbranched alkanes of at least 4 members (excludes halogenated alkanes) is 2. The fourth-order valence-electron chi connectivity index (χ4n) is 11.0. The number of ether oxygens (including phenoxy) is 2. The number of nitrogens with zero attached hydrogens (tertiary/aromatic N) is 3. The maximum atomic E-state index is 15.5. The molecule has 3 atom stereocenters. The van der Waals surface area contributed by atoms with E-state index < -0.39 is 89.6 Å². The maximum absolute atomic E-state index is 15.5. The van der Waals surface area contributed by atoms with Gasteiger partial charge in [-0.1, -0.05) is 50.1 Å². The Kier molecular flexibility index (Phi) is 16.5. The van der Waals surface area contributed by atoms with Crippen LogP contribution in [0.25, 0.3) is 22.3 Å². The highest BCUT2D eigenvalue weighted by Gasteiger charge is 2.48. The van der Waals surface area contributed by atoms with Gasteiger partial charge in [-0.05, 0) is 80.2 Å². The molecule has 5 heterocycles. The number of pyridine rings is 2. The number of imide groups is 1. The van der Waals surface area contributed by atoms with Crippen molar-refractivity contribution in [2.24, 2.45) is 5.41 Å². The van der Waals surface area contributed by atoms with E-state index in [1.165, 1.54) is 22.8 Å². The summed E-state index contributed by atoms with van der Waals surface area (Å²) in [5.74, 6) is -5.36. The van der Waals surface area contributed by atoms with Gasteiger partial charge in [-0.2, -0.15) is 0 Å². The number of cyclic esters (lactones) is 1. The van der Waals surface area contributed by atoms with E-state index in [1.807, 2.05) is 0 Å². The Bertz CT molecular complexity index is 3250. The van der Waals surface area contributed by atoms with Gasteiger partial charge in [0.2, 0.25) is 35.4 Å². The summed E-state index contributed by atoms with van der Waals surface area (Å²) in [6.45, 7) is 1.61. The number of hydrogen-bond donors (Lipinski definition) is 7. The van der Waals surface area contributed by atoms with Crippen molar-refractivity contribution in [1.29, 1.82) is 0 Å². The summed E-state index contributed by atoms with van der Waals surface area (Å²) in [5.41, 5.74) is 1.25. The molecule has 0 saturated heterocycles. The Morgan fingerprint density at radius 2 is 1.58 bits per heavy atom. The fourth-order valence-corrected chi connectivity index (χ4v) is 11.0. The topological polar surface area (TPSA) is 303 Å². The summed E-state index contributed by atoms with van der Waals surface area (Å²) in [5, 5.41) is 28.0. The van der Waals surface area contributed by atoms with E-state index in [0.717, 1.165) is 16.9 Å². The van der Waals surface area contributed by atoms with Crippen LogP contribution in [0, 0.1) is 18.2 Å². The van der Waals surface area contributed by atoms with E-state index in [0.29, 0.717) is 89.5 Å². The van der Waals surface area contributed by atoms with Crippen LogP contribution in [0.5, 0.6) is 0 Å². The number of benzene rings is 2. The third kappa shape index (κ3) is 11.5. The normalized spacial score (nSPS) is 18.6. The first-order valence-corrected chi connectivity index (χ1v) is 26.6. The molecule has 4 aromatic rings. The summed E-state index contributed by atoms with van der Waals surface area (Å²) >= 11 is 0. The maximum Gasteiger partial charge on any atom is 0.343 e. The summed E-state index contributed by atoms with van der Waals surface area (Å²) in [7, 11) is 0. The molecule has 0 bridgehead atoms. The zero-order chi connectivity index (χ0) is 56.2. The van der Waals surface area contributed by atoms with Crippen LogP contribution in [0.4, 0.5) is 4.39 Å². The number of hydrogen-bond acceptors (Lipinski definition) is 14. The van der Waals surface area contributed by atoms with Gasteiger partial charge in [0.1, 0.15) is 25.2 Å². The molecule has 2 aliphatic carbocycles. The molecule has 1 fully saturated rings. The third-order valence-corrected chi connectivity index (χ3v) is 15.7. The van der Waals surface area contributed by atoms with Crippen LogP contribution in [0.3, 0.4) is 0 Å². The molecule has 23 heteroatoms. The number of fused-ring (bicyclic) bond motifs is 5. The monoisotopic (exact) mass is 1090 g/mol. The van der Waals surface area contributed by atoms with E-state index >= 15 is 4.39 Å². The van der Waals surface area contributed by atoms with E-state index in [1.54, 1.807) is 50.2 Å². The average molecular weight is 1090 g/mol. The molecule has 9 rings (SSSR count). The SMILES string of the molecule is CC[C@@]1(O)C(=O)OCc2c1cc1n(c2=O)Cc2c-1nc1cc(F)c(C)c3c1c2[C@@H](NC(=O)C1(COCNC(=O)CNC(=O)C(Cc2ccccc2)NC(=O)CNC(=O)CNC(=O)CCCCCN2C(=O)C=CC2=O)CCC1)CC3. The van der Waals surface area contributed by atoms with Crippen LogP contribution in [0.2, 0.25) is 0 Å². The fraction of sp³-hybridized carbons (Fsp3) is 0.446. The predicted molar refractivity (Wildman–Crippen MR) is 279 cm³/mol. The van der Waals surface area contributed by atoms with Gasteiger partial charge in [0.05, 0.1) is 66.7 Å². The van der Waals surface area contributed by atoms with Gasteiger partial charge in [0.15, 0.2) is 5.60 Å². The highest BCUT2D eigenvalue weighted by atomic mass is 19.1. The minimum absolute atomic E-state index is 0.0394. The van der Waals surface area contributed by atoms with E-state index in [4.69, 9.17) is 14.5 Å². The molecule has 79 heavy (non-hydrogen) atoms. The Hall–Kier alpha value is -8.18. The van der Waals surface area contributed by atoms with Crippen LogP contribution >= 0.6 is 0 Å². The first-order valence-electron chi connectivity index (χ1n) is 26.6. The van der Waals surface area contributed by atoms with Gasteiger partial charge in [-0.3, -0.25) is 48.1 Å². The summed E-state index contributed by atoms with van der Waals surface area (Å²) in [4.78, 5) is 135. The van der Waals surface area contributed by atoms with Crippen LogP contribution in [0.1, 0.15) is 110 Å². The van der Waals surface area contributed by atoms with Crippen molar-refractivity contribution >= 4 is 64.1 Å². The molecule has 0 radical (unpaired) electrons. The zero-order valence-electron chi connectivity index (χ0n) is 43.9. The second-order valence-electron chi connectivity index (χ2n) is 20.7. The second-order valence-corrected chi connectivity index (χ2v) is 20.7. The minimum atomic E-state index is -2.04. The molecule has 5 aliphatic rings. The molecule has 7 N–H and O–H groups in total. The van der Waals surface area contributed by atoms with Crippen molar-refractivity contribution in [3.8, 4) is 11.4 Å². The van der Waals surface area contributed by atoms with Crippen LogP contribution in [-0.2, 0) is 84.2 Å². The number of carbonyl (C=O) groups is 9. The lowest BCUT2D eigenvalue weighted by Crippen LogP contribution is -2.52. The van der Waals surface area contributed by atoms with Gasteiger partial charge >= 0.3 is 5.97 Å². The molecule has 2 aromatic carbocycles. The number of aromatic nitrogens is 2. The molecule has 416 valence electrons. The van der Waals surface area contributed by atoms with E-state index in [-0.39, 0.29) is 81.1 Å². The molecule has 8 amide bonds. The lowest BCUT2D eigenvalue weighted by Gasteiger charge is -2.41. The number of nitrogens with one attached hydrogen (secondary N) is 6. The van der Waals surface area contributed by atoms with Crippen molar-refractivity contribution in [3.05, 3.63) is 110 Å². The molecule has 1 saturated carbocycles. The molecule has 3 aliphatic heterocycles. The highest BCUT2D eigenvalue weighted by molar-refractivity contribution is 6.12. The molecule has 2 aromatic heterocycles. The first-order chi connectivity index (χ1) is 37.9. The van der Waals surface area contributed by atoms with Crippen LogP contribution in [0.15, 0.2) is 59.4 Å². The van der Waals surface area contributed by atoms with Gasteiger partial charge in [-0.25, -0.2) is 14.2 Å². The van der Waals surface area contributed by atoms with Gasteiger partial charge < -0.3 is 51.0 Å². The lowest BCUT2D eigenvalue weighted by atomic mass is 9.68. The number of aliphatic hydroxyl groups is 1. The number of carbonyl (C=O) groups excluding carboxylic acids is 9. The van der Waals surface area contributed by atoms with Crippen molar-refractivity contribution in [3.63, 3.8) is 0 Å². The second kappa shape index (κ2) is 23.4. The minimum Gasteiger partial charge on any atom is -0.458 e. The smallest absolute Gasteiger partial charge is 0.343 e. The van der Waals surface area contributed by atoms with Crippen molar-refractivity contribution in [1.82, 2.24) is 46.4 Å². The molecule has 1 unspecified atom stereocenters. The Morgan fingerprint density at radius 1 is 0.873 bits per heavy atom. The molecular weight excluding hydrogens is 1030 g/mol. The number of aryl methyl sites for hydroxylation is 1. The Labute approximate surface area is 452 Å². The van der Waals surface area contributed by atoms with Gasteiger partial charge in [-0.15, -0.1) is 0 Å². The predicted octanol–water partition coefficient (Wildman–Crippen LogP) is 1.45. The van der Waals surface area contributed by atoms with E-state index in [2.05, 4.69) is 31.9 Å². The first kappa shape index (κ1) is 55.6. The van der Waals surface area contributed by atoms with Crippen molar-refractivity contribution in [2.75, 3.05) is 39.5 Å². The lowest BCUT2D eigenvalue weighted by molar-refractivity contribution is -0.172. The molecular formula is C56H62FN9O13. The third-order valence-electron chi connectivity index (χ3n) is 15.7. The van der Waals surface area contributed by atoms with Gasteiger partial charge in [0.25, 0.3) is 17.4 Å². The van der Waals surface area contributed by atoms with Crippen molar-refractivity contribution < 1.29 is 62.1 Å². The molecule has 22 nitrogen and oxygen atoms in total. The summed E-state index contributed by atoms with van der Waals surface area (Å²) < 4.78 is 28.2. The average Bonchev–Trinajstić information content (AvgIpc) is 3.78. The summed E-state index contributed by atoms with van der Waals surface area (Å²) in [6, 6.07) is 10.0. The largest absolute Gasteiger partial charge is 0.458 e. The summed E-state index contributed by atoms with van der Waals surface area (Å²) in [6.07, 6.45) is 6.71. The van der Waals surface area contributed by atoms with Crippen molar-refractivity contribution in [2.45, 2.75) is 115 Å². The highest BCUT2D eigenvalue weighted by Crippen LogP contribution is 2.47. The Balaban J connectivity index is 0.761. The number of amides is 8. The van der Waals surface area contributed by atoms with Gasteiger partial charge in [0, 0.05) is 54.1 Å². The number of halogens is 1. The quantitative estimate of drug-likeness (QED) is 0.0211. The standard InChI is InChI=1S/C56H62FN9O13/c1-3-56(77)36-22-41-50-34(27-66(41)52(74)35(36)28-79-54(56)76)49-38(15-14-33-31(2)37(57)23-39(63-50)48(33)49)64-53(75)55(18-10-19-55)29-78-30-61-44(69)25-60-51(73)40(21-32-11-6-4-7-12-32)62-45(70)26-59-43(68)24-58-42(67)13-8-5-9-20-65-46(71)16-17-47(65)72/h4,6-7,11-12,16-17,22-23,38,40,77H,3,5,8-10,13-15,18-21,24-30H2,1-2H3,(H,58,67)(H,59,68)(H,60,73)(H,61,69)(H,62,70)(H,64,75)/t38-,40?,56-/m0/s1. The number of rotatable bonds is 23. The molecule has 0 spiro atoms. The van der Waals surface area contributed by atoms with Crippen LogP contribution < -0.4 is 37.5 Å². The van der Waals surface area contributed by atoms with Crippen LogP contribution in [-0.4, -0.2) is 118 Å².